The summed E-state index contributed by atoms with van der Waals surface area (Å²) in [6.07, 6.45) is 1.70. The first-order valence-electron chi connectivity index (χ1n) is 7.36. The maximum Gasteiger partial charge on any atom is 0.274 e. The molecule has 0 atom stereocenters. The van der Waals surface area contributed by atoms with Gasteiger partial charge in [-0.15, -0.1) is 0 Å². The Balaban J connectivity index is 2.03. The van der Waals surface area contributed by atoms with Gasteiger partial charge >= 0.3 is 0 Å². The normalized spacial score (nSPS) is 12.5. The fraction of sp³-hybridized carbons (Fsp3) is 0.111. The Bertz CT molecular complexity index is 1220. The summed E-state index contributed by atoms with van der Waals surface area (Å²) in [6, 6.07) is 9.14. The Hall–Kier alpha value is -2.18. The Kier molecular flexibility index (Phi) is 3.47. The van der Waals surface area contributed by atoms with Crippen molar-refractivity contribution in [1.29, 1.82) is 0 Å². The lowest BCUT2D eigenvalue weighted by Crippen LogP contribution is -2.22. The van der Waals surface area contributed by atoms with Crippen LogP contribution in [-0.2, 0) is 0 Å². The highest BCUT2D eigenvalue weighted by Gasteiger charge is 2.12. The molecule has 0 amide bonds. The van der Waals surface area contributed by atoms with Crippen molar-refractivity contribution < 1.29 is 5.11 Å². The number of hydrogen-bond donors (Lipinski definition) is 1. The number of aryl methyl sites for hydroxylation is 2. The number of phenols is 1. The zero-order valence-corrected chi connectivity index (χ0v) is 15.4. The van der Waals surface area contributed by atoms with Gasteiger partial charge in [0.25, 0.3) is 5.56 Å². The molecule has 120 valence electrons. The zero-order valence-electron chi connectivity index (χ0n) is 13.0. The molecule has 0 fully saturated rings. The third-order valence-electron chi connectivity index (χ3n) is 4.13. The van der Waals surface area contributed by atoms with Crippen LogP contribution in [0.5, 0.6) is 5.75 Å². The van der Waals surface area contributed by atoms with E-state index in [-0.39, 0.29) is 11.3 Å². The number of hydrogen-bond acceptors (Lipinski definition) is 4. The van der Waals surface area contributed by atoms with Crippen LogP contribution in [0.1, 0.15) is 16.7 Å². The first kappa shape index (κ1) is 15.4. The van der Waals surface area contributed by atoms with Gasteiger partial charge in [0.05, 0.1) is 15.6 Å². The molecule has 6 heteroatoms. The van der Waals surface area contributed by atoms with Crippen LogP contribution in [0.25, 0.3) is 22.1 Å². The van der Waals surface area contributed by atoms with Crippen molar-refractivity contribution in [3.63, 3.8) is 0 Å². The fourth-order valence-electron chi connectivity index (χ4n) is 2.70. The SMILES string of the molecule is Cc1cc2nc3s/c(=C\c4cc(Br)ccc4O)c(=O)n3c2cc1C. The molecule has 24 heavy (non-hydrogen) atoms. The van der Waals surface area contributed by atoms with Crippen molar-refractivity contribution in [2.45, 2.75) is 13.8 Å². The lowest BCUT2D eigenvalue weighted by Gasteiger charge is -1.99. The number of imidazole rings is 1. The number of halogens is 1. The first-order valence-corrected chi connectivity index (χ1v) is 8.97. The van der Waals surface area contributed by atoms with E-state index in [0.717, 1.165) is 26.6 Å². The summed E-state index contributed by atoms with van der Waals surface area (Å²) in [5.41, 5.74) is 4.44. The third kappa shape index (κ3) is 2.34. The van der Waals surface area contributed by atoms with Crippen molar-refractivity contribution in [3.8, 4) is 5.75 Å². The first-order chi connectivity index (χ1) is 11.4. The highest BCUT2D eigenvalue weighted by atomic mass is 79.9. The average Bonchev–Trinajstić information content (AvgIpc) is 3.01. The molecule has 2 aromatic heterocycles. The predicted molar refractivity (Wildman–Crippen MR) is 101 cm³/mol. The molecular weight excluding hydrogens is 388 g/mol. The van der Waals surface area contributed by atoms with Gasteiger partial charge in [-0.2, -0.15) is 0 Å². The minimum atomic E-state index is -0.111. The van der Waals surface area contributed by atoms with Crippen molar-refractivity contribution >= 4 is 49.3 Å². The van der Waals surface area contributed by atoms with Gasteiger partial charge in [-0.05, 0) is 61.4 Å². The Morgan fingerprint density at radius 1 is 1.21 bits per heavy atom. The Morgan fingerprint density at radius 3 is 2.75 bits per heavy atom. The number of aromatic hydroxyl groups is 1. The standard InChI is InChI=1S/C18H13BrN2O2S/c1-9-5-13-14(6-10(9)2)21-17(23)16(24-18(21)20-13)8-11-7-12(19)3-4-15(11)22/h3-8,22H,1-2H3/b16-8-. The number of rotatable bonds is 1. The van der Waals surface area contributed by atoms with Crippen LogP contribution in [0.3, 0.4) is 0 Å². The lowest BCUT2D eigenvalue weighted by atomic mass is 10.1. The molecule has 4 rings (SSSR count). The monoisotopic (exact) mass is 400 g/mol. The van der Waals surface area contributed by atoms with Gasteiger partial charge in [0.2, 0.25) is 0 Å². The summed E-state index contributed by atoms with van der Waals surface area (Å²) in [5.74, 6) is 0.139. The van der Waals surface area contributed by atoms with Gasteiger partial charge in [-0.1, -0.05) is 27.3 Å². The minimum Gasteiger partial charge on any atom is -0.507 e. The van der Waals surface area contributed by atoms with Crippen LogP contribution in [0.4, 0.5) is 0 Å². The highest BCUT2D eigenvalue weighted by molar-refractivity contribution is 9.10. The highest BCUT2D eigenvalue weighted by Crippen LogP contribution is 2.23. The molecule has 0 bridgehead atoms. The van der Waals surface area contributed by atoms with Crippen LogP contribution in [-0.4, -0.2) is 14.5 Å². The number of benzene rings is 2. The van der Waals surface area contributed by atoms with E-state index in [1.807, 2.05) is 26.0 Å². The van der Waals surface area contributed by atoms with Crippen LogP contribution < -0.4 is 10.1 Å². The van der Waals surface area contributed by atoms with Gasteiger partial charge in [0.15, 0.2) is 4.96 Å². The quantitative estimate of drug-likeness (QED) is 0.531. The second-order valence-corrected chi connectivity index (χ2v) is 7.70. The predicted octanol–water partition coefficient (Wildman–Crippen LogP) is 3.54. The maximum absolute atomic E-state index is 12.8. The molecule has 0 unspecified atom stereocenters. The van der Waals surface area contributed by atoms with Crippen LogP contribution in [0.15, 0.2) is 39.6 Å². The summed E-state index contributed by atoms with van der Waals surface area (Å²) >= 11 is 4.71. The number of thiazole rings is 1. The molecule has 4 aromatic rings. The van der Waals surface area contributed by atoms with Crippen molar-refractivity contribution in [1.82, 2.24) is 9.38 Å². The summed E-state index contributed by atoms with van der Waals surface area (Å²) < 4.78 is 3.04. The van der Waals surface area contributed by atoms with Crippen LogP contribution in [0, 0.1) is 13.8 Å². The van der Waals surface area contributed by atoms with Crippen LogP contribution >= 0.6 is 27.3 Å². The summed E-state index contributed by atoms with van der Waals surface area (Å²) in [7, 11) is 0. The van der Waals surface area contributed by atoms with E-state index in [4.69, 9.17) is 0 Å². The Labute approximate surface area is 149 Å². The van der Waals surface area contributed by atoms with E-state index in [0.29, 0.717) is 15.1 Å². The Morgan fingerprint density at radius 2 is 1.96 bits per heavy atom. The maximum atomic E-state index is 12.8. The second kappa shape index (κ2) is 5.43. The number of nitrogens with zero attached hydrogens (tertiary/aromatic N) is 2. The smallest absolute Gasteiger partial charge is 0.274 e. The van der Waals surface area contributed by atoms with E-state index in [1.54, 1.807) is 28.7 Å². The van der Waals surface area contributed by atoms with E-state index < -0.39 is 0 Å². The van der Waals surface area contributed by atoms with Gasteiger partial charge in [0, 0.05) is 10.0 Å². The van der Waals surface area contributed by atoms with Gasteiger partial charge in [0.1, 0.15) is 5.75 Å². The number of fused-ring (bicyclic) bond motifs is 3. The minimum absolute atomic E-state index is 0.111. The molecule has 2 aromatic carbocycles. The number of aromatic nitrogens is 2. The molecular formula is C18H13BrN2O2S. The molecule has 0 spiro atoms. The molecule has 0 saturated carbocycles. The third-order valence-corrected chi connectivity index (χ3v) is 5.59. The van der Waals surface area contributed by atoms with Gasteiger partial charge in [-0.3, -0.25) is 4.79 Å². The molecule has 0 saturated heterocycles. The molecule has 0 aliphatic heterocycles. The molecule has 0 aliphatic rings. The fourth-order valence-corrected chi connectivity index (χ4v) is 4.06. The summed E-state index contributed by atoms with van der Waals surface area (Å²) in [4.78, 5) is 18.0. The summed E-state index contributed by atoms with van der Waals surface area (Å²) in [5, 5.41) is 9.98. The molecule has 2 heterocycles. The van der Waals surface area contributed by atoms with E-state index >= 15 is 0 Å². The lowest BCUT2D eigenvalue weighted by molar-refractivity contribution is 0.474. The largest absolute Gasteiger partial charge is 0.507 e. The average molecular weight is 401 g/mol. The molecule has 4 nitrogen and oxygen atoms in total. The van der Waals surface area contributed by atoms with E-state index in [1.165, 1.54) is 11.3 Å². The molecule has 1 N–H and O–H groups in total. The van der Waals surface area contributed by atoms with Crippen molar-refractivity contribution in [3.05, 3.63) is 66.4 Å². The topological polar surface area (TPSA) is 54.6 Å². The van der Waals surface area contributed by atoms with E-state index in [9.17, 15) is 9.90 Å². The second-order valence-electron chi connectivity index (χ2n) is 5.77. The van der Waals surface area contributed by atoms with Crippen LogP contribution in [0.2, 0.25) is 0 Å². The molecule has 0 radical (unpaired) electrons. The summed E-state index contributed by atoms with van der Waals surface area (Å²) in [6.45, 7) is 4.06. The zero-order chi connectivity index (χ0) is 17.0. The van der Waals surface area contributed by atoms with E-state index in [2.05, 4.69) is 20.9 Å². The van der Waals surface area contributed by atoms with Gasteiger partial charge < -0.3 is 5.11 Å². The van der Waals surface area contributed by atoms with Gasteiger partial charge in [-0.25, -0.2) is 9.38 Å². The van der Waals surface area contributed by atoms with Crippen molar-refractivity contribution in [2.24, 2.45) is 0 Å². The number of phenolic OH excluding ortho intramolecular Hbond substituents is 1. The van der Waals surface area contributed by atoms with Crippen molar-refractivity contribution in [2.75, 3.05) is 0 Å². The molecule has 0 aliphatic carbocycles.